The zero-order valence-electron chi connectivity index (χ0n) is 11.9. The number of carboxylic acids is 1. The number of β-lactam (4-membered cyclic amide) rings is 1. The number of hydrogen-bond acceptors (Lipinski definition) is 7. The van der Waals surface area contributed by atoms with Gasteiger partial charge < -0.3 is 20.3 Å². The highest BCUT2D eigenvalue weighted by Crippen LogP contribution is 2.42. The zero-order chi connectivity index (χ0) is 16.0. The summed E-state index contributed by atoms with van der Waals surface area (Å²) in [4.78, 5) is 36.2. The number of esters is 1. The van der Waals surface area contributed by atoms with Gasteiger partial charge in [-0.25, -0.2) is 9.59 Å². The fourth-order valence-electron chi connectivity index (χ4n) is 2.98. The molecule has 0 saturated carbocycles. The van der Waals surface area contributed by atoms with Crippen molar-refractivity contribution in [1.29, 1.82) is 0 Å². The van der Waals surface area contributed by atoms with E-state index in [0.29, 0.717) is 24.2 Å². The first-order chi connectivity index (χ1) is 10.5. The van der Waals surface area contributed by atoms with Crippen LogP contribution in [0.25, 0.3) is 0 Å². The van der Waals surface area contributed by atoms with E-state index >= 15 is 0 Å². The molecule has 8 nitrogen and oxygen atoms in total. The summed E-state index contributed by atoms with van der Waals surface area (Å²) >= 11 is 1.42. The minimum Gasteiger partial charge on any atom is -0.477 e. The summed E-state index contributed by atoms with van der Waals surface area (Å²) in [5.74, 6) is -1.62. The molecule has 0 aromatic carbocycles. The molecule has 120 valence electrons. The lowest BCUT2D eigenvalue weighted by molar-refractivity contribution is -0.152. The fraction of sp³-hybridized carbons (Fsp3) is 0.615. The second kappa shape index (κ2) is 5.56. The van der Waals surface area contributed by atoms with Crippen molar-refractivity contribution >= 4 is 29.6 Å². The van der Waals surface area contributed by atoms with Crippen LogP contribution in [-0.4, -0.2) is 64.3 Å². The Morgan fingerprint density at radius 2 is 2.18 bits per heavy atom. The van der Waals surface area contributed by atoms with Crippen LogP contribution < -0.4 is 5.73 Å². The lowest BCUT2D eigenvalue weighted by Gasteiger charge is -2.48. The number of nitrogens with zero attached hydrogens (tertiary/aromatic N) is 1. The molecule has 2 saturated heterocycles. The van der Waals surface area contributed by atoms with Gasteiger partial charge in [-0.05, 0) is 18.4 Å². The number of hydrogen-bond donors (Lipinski definition) is 2. The third-order valence-corrected chi connectivity index (χ3v) is 5.44. The number of carbonyl (C=O) groups excluding carboxylic acids is 2. The quantitative estimate of drug-likeness (QED) is 0.515. The average molecular weight is 328 g/mol. The number of carboxylic acid groups (broad SMARTS) is 1. The van der Waals surface area contributed by atoms with Crippen molar-refractivity contribution < 1.29 is 29.0 Å². The van der Waals surface area contributed by atoms with Crippen molar-refractivity contribution in [1.82, 2.24) is 4.90 Å². The van der Waals surface area contributed by atoms with E-state index in [0.717, 1.165) is 0 Å². The van der Waals surface area contributed by atoms with Gasteiger partial charge in [-0.3, -0.25) is 9.69 Å². The van der Waals surface area contributed by atoms with Gasteiger partial charge in [0.15, 0.2) is 6.10 Å². The molecule has 9 heteroatoms. The molecule has 3 rings (SSSR count). The topological polar surface area (TPSA) is 119 Å². The summed E-state index contributed by atoms with van der Waals surface area (Å²) in [5.41, 5.74) is 6.18. The molecular weight excluding hydrogens is 312 g/mol. The van der Waals surface area contributed by atoms with E-state index in [1.165, 1.54) is 23.8 Å². The molecule has 1 amide bonds. The monoisotopic (exact) mass is 328 g/mol. The average Bonchev–Trinajstić information content (AvgIpc) is 3.01. The van der Waals surface area contributed by atoms with E-state index in [-0.39, 0.29) is 11.1 Å². The van der Waals surface area contributed by atoms with Crippen LogP contribution in [0.5, 0.6) is 0 Å². The Labute approximate surface area is 130 Å². The van der Waals surface area contributed by atoms with E-state index in [4.69, 9.17) is 10.5 Å². The molecule has 0 unspecified atom stereocenters. The van der Waals surface area contributed by atoms with Crippen molar-refractivity contribution in [3.8, 4) is 0 Å². The summed E-state index contributed by atoms with van der Waals surface area (Å²) in [5, 5.41) is 9.13. The van der Waals surface area contributed by atoms with E-state index in [1.807, 2.05) is 0 Å². The fourth-order valence-corrected chi connectivity index (χ4v) is 4.34. The molecule has 0 bridgehead atoms. The van der Waals surface area contributed by atoms with E-state index in [9.17, 15) is 19.5 Å². The van der Waals surface area contributed by atoms with Gasteiger partial charge in [0.25, 0.3) is 0 Å². The molecular formula is C13H16N2O6S. The molecule has 3 aliphatic heterocycles. The Bertz CT molecular complexity index is 577. The van der Waals surface area contributed by atoms with Gasteiger partial charge in [0.1, 0.15) is 17.1 Å². The molecule has 0 spiro atoms. The highest BCUT2D eigenvalue weighted by atomic mass is 32.2. The van der Waals surface area contributed by atoms with Gasteiger partial charge in [-0.1, -0.05) is 0 Å². The largest absolute Gasteiger partial charge is 0.477 e. The number of methoxy groups -OCH3 is 1. The molecule has 0 aromatic rings. The number of aliphatic carboxylic acids is 1. The number of thioether (sulfide) groups is 1. The minimum atomic E-state index is -1.18. The maximum absolute atomic E-state index is 11.9. The van der Waals surface area contributed by atoms with Gasteiger partial charge >= 0.3 is 11.9 Å². The Hall–Kier alpha value is -1.58. The highest BCUT2D eigenvalue weighted by Gasteiger charge is 2.53. The van der Waals surface area contributed by atoms with Crippen molar-refractivity contribution in [3.05, 3.63) is 11.3 Å². The SMILES string of the molecule is COC(=O)[C@@H]1CC[C@H](C2=C(C(=O)O)N3C(=O)[C@@H](N)[C@H]3SC2)O1. The number of amides is 1. The van der Waals surface area contributed by atoms with Gasteiger partial charge in [-0.2, -0.15) is 0 Å². The van der Waals surface area contributed by atoms with Crippen molar-refractivity contribution in [3.63, 3.8) is 0 Å². The summed E-state index contributed by atoms with van der Waals surface area (Å²) in [6.07, 6.45) is -0.191. The first-order valence-electron chi connectivity index (χ1n) is 6.85. The number of ether oxygens (including phenoxy) is 2. The predicted molar refractivity (Wildman–Crippen MR) is 75.6 cm³/mol. The normalized spacial score (nSPS) is 34.3. The van der Waals surface area contributed by atoms with Crippen molar-refractivity contribution in [2.24, 2.45) is 5.73 Å². The number of carbonyl (C=O) groups is 3. The van der Waals surface area contributed by atoms with Crippen LogP contribution in [0.1, 0.15) is 12.8 Å². The molecule has 2 fully saturated rings. The van der Waals surface area contributed by atoms with Crippen LogP contribution in [-0.2, 0) is 23.9 Å². The predicted octanol–water partition coefficient (Wildman–Crippen LogP) is -0.712. The molecule has 3 N–H and O–H groups in total. The minimum absolute atomic E-state index is 0.0500. The number of rotatable bonds is 3. The van der Waals surface area contributed by atoms with E-state index in [2.05, 4.69) is 4.74 Å². The second-order valence-electron chi connectivity index (χ2n) is 5.33. The molecule has 22 heavy (non-hydrogen) atoms. The summed E-state index contributed by atoms with van der Waals surface area (Å²) < 4.78 is 10.3. The summed E-state index contributed by atoms with van der Waals surface area (Å²) in [6.45, 7) is 0. The van der Waals surface area contributed by atoms with Crippen LogP contribution in [0, 0.1) is 0 Å². The van der Waals surface area contributed by atoms with E-state index < -0.39 is 36.1 Å². The maximum atomic E-state index is 11.9. The molecule has 3 aliphatic rings. The van der Waals surface area contributed by atoms with Crippen LogP contribution in [0.15, 0.2) is 11.3 Å². The van der Waals surface area contributed by atoms with Gasteiger partial charge in [0.2, 0.25) is 5.91 Å². The van der Waals surface area contributed by atoms with Gasteiger partial charge in [0.05, 0.1) is 13.2 Å². The molecule has 0 radical (unpaired) electrons. The maximum Gasteiger partial charge on any atom is 0.352 e. The van der Waals surface area contributed by atoms with Gasteiger partial charge in [-0.15, -0.1) is 11.8 Å². The van der Waals surface area contributed by atoms with Crippen LogP contribution in [0.2, 0.25) is 0 Å². The smallest absolute Gasteiger partial charge is 0.352 e. The zero-order valence-corrected chi connectivity index (χ0v) is 12.7. The third-order valence-electron chi connectivity index (χ3n) is 4.11. The Morgan fingerprint density at radius 1 is 1.45 bits per heavy atom. The highest BCUT2D eigenvalue weighted by molar-refractivity contribution is 8.00. The lowest BCUT2D eigenvalue weighted by atomic mass is 9.99. The first kappa shape index (κ1) is 15.3. The molecule has 0 aromatic heterocycles. The number of fused-ring (bicyclic) bond motifs is 1. The summed E-state index contributed by atoms with van der Waals surface area (Å²) in [6, 6.07) is -0.659. The molecule has 4 atom stereocenters. The molecule has 0 aliphatic carbocycles. The van der Waals surface area contributed by atoms with Crippen molar-refractivity contribution in [2.45, 2.75) is 36.5 Å². The van der Waals surface area contributed by atoms with Crippen LogP contribution >= 0.6 is 11.8 Å². The standard InChI is InChI=1S/C13H16N2O6S/c1-20-13(19)7-3-2-6(21-7)5-4-22-11-8(14)10(16)15(11)9(5)12(17)18/h6-8,11H,2-4,14H2,1H3,(H,17,18)/t6-,7+,8-,11-/m1/s1. The van der Waals surface area contributed by atoms with Gasteiger partial charge in [0, 0.05) is 5.75 Å². The Kier molecular flexibility index (Phi) is 3.87. The van der Waals surface area contributed by atoms with Crippen molar-refractivity contribution in [2.75, 3.05) is 12.9 Å². The summed E-state index contributed by atoms with van der Waals surface area (Å²) in [7, 11) is 1.28. The number of nitrogens with two attached hydrogens (primary N) is 1. The lowest BCUT2D eigenvalue weighted by Crippen LogP contribution is -2.68. The van der Waals surface area contributed by atoms with Crippen LogP contribution in [0.4, 0.5) is 0 Å². The first-order valence-corrected chi connectivity index (χ1v) is 7.90. The third kappa shape index (κ3) is 2.20. The van der Waals surface area contributed by atoms with E-state index in [1.54, 1.807) is 0 Å². The molecule has 3 heterocycles. The Balaban J connectivity index is 1.87. The Morgan fingerprint density at radius 3 is 2.82 bits per heavy atom. The van der Waals surface area contributed by atoms with Crippen LogP contribution in [0.3, 0.4) is 0 Å². The second-order valence-corrected chi connectivity index (χ2v) is 6.43.